The Balaban J connectivity index is 2.01. The quantitative estimate of drug-likeness (QED) is 0.863. The van der Waals surface area contributed by atoms with Crippen LogP contribution in [0.5, 0.6) is 0 Å². The lowest BCUT2D eigenvalue weighted by molar-refractivity contribution is -0.136. The van der Waals surface area contributed by atoms with Gasteiger partial charge in [-0.1, -0.05) is 11.6 Å². The SMILES string of the molecule is CCNC(=O)c1cc(NC(=O)CN2CCCCC2=O)ccc1Cl. The number of likely N-dealkylation sites (tertiary alicyclic amines) is 1. The van der Waals surface area contributed by atoms with Crippen LogP contribution in [0.2, 0.25) is 5.02 Å². The summed E-state index contributed by atoms with van der Waals surface area (Å²) < 4.78 is 0. The van der Waals surface area contributed by atoms with Gasteiger partial charge in [0, 0.05) is 25.2 Å². The molecule has 2 N–H and O–H groups in total. The highest BCUT2D eigenvalue weighted by atomic mass is 35.5. The molecule has 1 heterocycles. The van der Waals surface area contributed by atoms with Crippen molar-refractivity contribution in [3.05, 3.63) is 28.8 Å². The second kappa shape index (κ2) is 7.97. The third-order valence-corrected chi connectivity index (χ3v) is 3.92. The molecular weight excluding hydrogens is 318 g/mol. The molecular formula is C16H20ClN3O3. The standard InChI is InChI=1S/C16H20ClN3O3/c1-2-18-16(23)12-9-11(6-7-13(12)17)19-14(21)10-20-8-4-3-5-15(20)22/h6-7,9H,2-5,8,10H2,1H3,(H,18,23)(H,19,21). The molecule has 0 radical (unpaired) electrons. The summed E-state index contributed by atoms with van der Waals surface area (Å²) in [4.78, 5) is 37.3. The first kappa shape index (κ1) is 17.3. The first-order valence-electron chi connectivity index (χ1n) is 7.66. The zero-order chi connectivity index (χ0) is 16.8. The van der Waals surface area contributed by atoms with Gasteiger partial charge < -0.3 is 15.5 Å². The predicted molar refractivity (Wildman–Crippen MR) is 88.5 cm³/mol. The molecule has 0 spiro atoms. The largest absolute Gasteiger partial charge is 0.352 e. The van der Waals surface area contributed by atoms with E-state index in [1.165, 1.54) is 6.07 Å². The molecule has 1 aliphatic heterocycles. The number of rotatable bonds is 5. The average Bonchev–Trinajstić information content (AvgIpc) is 2.51. The molecule has 0 atom stereocenters. The molecule has 1 aliphatic rings. The summed E-state index contributed by atoms with van der Waals surface area (Å²) in [5.74, 6) is -0.574. The fourth-order valence-corrected chi connectivity index (χ4v) is 2.64. The van der Waals surface area contributed by atoms with Gasteiger partial charge in [0.1, 0.15) is 0 Å². The van der Waals surface area contributed by atoms with E-state index in [1.807, 2.05) is 6.92 Å². The van der Waals surface area contributed by atoms with Crippen molar-refractivity contribution in [2.24, 2.45) is 0 Å². The minimum Gasteiger partial charge on any atom is -0.352 e. The Morgan fingerprint density at radius 2 is 2.09 bits per heavy atom. The maximum absolute atomic E-state index is 12.1. The molecule has 0 aromatic heterocycles. The van der Waals surface area contributed by atoms with Crippen molar-refractivity contribution in [1.29, 1.82) is 0 Å². The molecule has 6 nitrogen and oxygen atoms in total. The predicted octanol–water partition coefficient (Wildman–Crippen LogP) is 2.04. The third-order valence-electron chi connectivity index (χ3n) is 3.59. The minimum absolute atomic E-state index is 0.00511. The van der Waals surface area contributed by atoms with Crippen LogP contribution in [0.15, 0.2) is 18.2 Å². The second-order valence-electron chi connectivity index (χ2n) is 5.37. The average molecular weight is 338 g/mol. The molecule has 1 aromatic carbocycles. The van der Waals surface area contributed by atoms with E-state index in [-0.39, 0.29) is 24.3 Å². The number of anilines is 1. The van der Waals surface area contributed by atoms with Crippen LogP contribution in [0, 0.1) is 0 Å². The Morgan fingerprint density at radius 3 is 2.78 bits per heavy atom. The first-order valence-corrected chi connectivity index (χ1v) is 8.04. The van der Waals surface area contributed by atoms with E-state index in [0.717, 1.165) is 12.8 Å². The Hall–Kier alpha value is -2.08. The molecule has 7 heteroatoms. The van der Waals surface area contributed by atoms with Crippen LogP contribution in [0.25, 0.3) is 0 Å². The topological polar surface area (TPSA) is 78.5 Å². The van der Waals surface area contributed by atoms with Gasteiger partial charge in [-0.05, 0) is 38.0 Å². The smallest absolute Gasteiger partial charge is 0.252 e. The van der Waals surface area contributed by atoms with E-state index in [4.69, 9.17) is 11.6 Å². The fourth-order valence-electron chi connectivity index (χ4n) is 2.44. The minimum atomic E-state index is -0.292. The van der Waals surface area contributed by atoms with Gasteiger partial charge in [0.25, 0.3) is 5.91 Å². The highest BCUT2D eigenvalue weighted by Crippen LogP contribution is 2.21. The normalized spacial score (nSPS) is 14.5. The lowest BCUT2D eigenvalue weighted by Crippen LogP contribution is -2.40. The Bertz CT molecular complexity index is 619. The number of carbonyl (C=O) groups is 3. The van der Waals surface area contributed by atoms with Crippen LogP contribution in [-0.2, 0) is 9.59 Å². The van der Waals surface area contributed by atoms with Gasteiger partial charge in [0.05, 0.1) is 17.1 Å². The van der Waals surface area contributed by atoms with Crippen molar-refractivity contribution in [3.63, 3.8) is 0 Å². The molecule has 3 amide bonds. The summed E-state index contributed by atoms with van der Waals surface area (Å²) in [6.45, 7) is 2.94. The zero-order valence-electron chi connectivity index (χ0n) is 13.0. The summed E-state index contributed by atoms with van der Waals surface area (Å²) in [6.07, 6.45) is 2.29. The molecule has 0 unspecified atom stereocenters. The molecule has 0 bridgehead atoms. The van der Waals surface area contributed by atoms with Gasteiger partial charge >= 0.3 is 0 Å². The van der Waals surface area contributed by atoms with Crippen molar-refractivity contribution < 1.29 is 14.4 Å². The number of halogens is 1. The van der Waals surface area contributed by atoms with Gasteiger partial charge in [-0.15, -0.1) is 0 Å². The number of amides is 3. The van der Waals surface area contributed by atoms with Crippen molar-refractivity contribution in [1.82, 2.24) is 10.2 Å². The highest BCUT2D eigenvalue weighted by Gasteiger charge is 2.20. The van der Waals surface area contributed by atoms with E-state index >= 15 is 0 Å². The van der Waals surface area contributed by atoms with Gasteiger partial charge in [-0.3, -0.25) is 14.4 Å². The number of piperidine rings is 1. The van der Waals surface area contributed by atoms with Gasteiger partial charge in [-0.2, -0.15) is 0 Å². The third kappa shape index (κ3) is 4.69. The maximum Gasteiger partial charge on any atom is 0.252 e. The molecule has 23 heavy (non-hydrogen) atoms. The number of carbonyl (C=O) groups excluding carboxylic acids is 3. The summed E-state index contributed by atoms with van der Waals surface area (Å²) >= 11 is 6.01. The van der Waals surface area contributed by atoms with Crippen LogP contribution in [-0.4, -0.2) is 42.3 Å². The van der Waals surface area contributed by atoms with E-state index in [1.54, 1.807) is 17.0 Å². The molecule has 0 aliphatic carbocycles. The van der Waals surface area contributed by atoms with Crippen LogP contribution in [0.4, 0.5) is 5.69 Å². The molecule has 1 aromatic rings. The summed E-state index contributed by atoms with van der Waals surface area (Å²) in [5.41, 5.74) is 0.783. The monoisotopic (exact) mass is 337 g/mol. The molecule has 1 saturated heterocycles. The van der Waals surface area contributed by atoms with Gasteiger partial charge in [-0.25, -0.2) is 0 Å². The number of hydrogen-bond donors (Lipinski definition) is 2. The molecule has 0 saturated carbocycles. The lowest BCUT2D eigenvalue weighted by atomic mass is 10.1. The van der Waals surface area contributed by atoms with Crippen LogP contribution < -0.4 is 10.6 Å². The number of benzene rings is 1. The van der Waals surface area contributed by atoms with E-state index in [0.29, 0.717) is 35.8 Å². The van der Waals surface area contributed by atoms with Crippen LogP contribution in [0.1, 0.15) is 36.5 Å². The van der Waals surface area contributed by atoms with Crippen molar-refractivity contribution in [2.75, 3.05) is 25.0 Å². The molecule has 124 valence electrons. The zero-order valence-corrected chi connectivity index (χ0v) is 13.8. The highest BCUT2D eigenvalue weighted by molar-refractivity contribution is 6.34. The molecule has 1 fully saturated rings. The second-order valence-corrected chi connectivity index (χ2v) is 5.78. The summed E-state index contributed by atoms with van der Waals surface area (Å²) in [7, 11) is 0. The molecule has 2 rings (SSSR count). The van der Waals surface area contributed by atoms with Crippen molar-refractivity contribution in [2.45, 2.75) is 26.2 Å². The number of hydrogen-bond acceptors (Lipinski definition) is 3. The lowest BCUT2D eigenvalue weighted by Gasteiger charge is -2.26. The van der Waals surface area contributed by atoms with Gasteiger partial charge in [0.2, 0.25) is 11.8 Å². The van der Waals surface area contributed by atoms with E-state index < -0.39 is 0 Å². The van der Waals surface area contributed by atoms with Crippen LogP contribution in [0.3, 0.4) is 0 Å². The van der Waals surface area contributed by atoms with E-state index in [2.05, 4.69) is 10.6 Å². The van der Waals surface area contributed by atoms with Gasteiger partial charge in [0.15, 0.2) is 0 Å². The Labute approximate surface area is 140 Å². The number of nitrogens with zero attached hydrogens (tertiary/aromatic N) is 1. The van der Waals surface area contributed by atoms with Crippen LogP contribution >= 0.6 is 11.6 Å². The van der Waals surface area contributed by atoms with Crippen molar-refractivity contribution in [3.8, 4) is 0 Å². The fraction of sp³-hybridized carbons (Fsp3) is 0.438. The first-order chi connectivity index (χ1) is 11.0. The Kier molecular flexibility index (Phi) is 5.98. The van der Waals surface area contributed by atoms with Crippen molar-refractivity contribution >= 4 is 35.0 Å². The summed E-state index contributed by atoms with van der Waals surface area (Å²) in [6, 6.07) is 4.72. The number of nitrogens with one attached hydrogen (secondary N) is 2. The Morgan fingerprint density at radius 1 is 1.30 bits per heavy atom. The summed E-state index contributed by atoms with van der Waals surface area (Å²) in [5, 5.41) is 5.69. The van der Waals surface area contributed by atoms with E-state index in [9.17, 15) is 14.4 Å². The maximum atomic E-state index is 12.1.